The van der Waals surface area contributed by atoms with E-state index in [1.54, 1.807) is 0 Å². The molecule has 0 saturated heterocycles. The summed E-state index contributed by atoms with van der Waals surface area (Å²) in [6, 6.07) is 10.8. The maximum Gasteiger partial charge on any atom is 0.0486 e. The van der Waals surface area contributed by atoms with Crippen LogP contribution in [-0.4, -0.2) is 28.0 Å². The van der Waals surface area contributed by atoms with Crippen molar-refractivity contribution < 1.29 is 0 Å². The number of hydrogen-bond donors (Lipinski definition) is 1. The van der Waals surface area contributed by atoms with Gasteiger partial charge in [0.1, 0.15) is 0 Å². The number of pyridine rings is 1. The van der Waals surface area contributed by atoms with Gasteiger partial charge in [0.2, 0.25) is 0 Å². The number of hydrogen-bond acceptors (Lipinski definition) is 3. The molecule has 0 spiro atoms. The fourth-order valence-corrected chi connectivity index (χ4v) is 3.82. The van der Waals surface area contributed by atoms with E-state index in [0.29, 0.717) is 0 Å². The van der Waals surface area contributed by atoms with Gasteiger partial charge in [-0.3, -0.25) is 4.98 Å². The third-order valence-corrected chi connectivity index (χ3v) is 5.11. The highest BCUT2D eigenvalue weighted by molar-refractivity contribution is 5.86. The zero-order valence-corrected chi connectivity index (χ0v) is 14.4. The van der Waals surface area contributed by atoms with E-state index in [0.717, 1.165) is 31.6 Å². The molecular formula is C20H24N4. The van der Waals surface area contributed by atoms with Crippen molar-refractivity contribution in [1.82, 2.24) is 14.5 Å². The number of likely N-dealkylation sites (N-methyl/N-ethyl adjacent to an activating group) is 1. The summed E-state index contributed by atoms with van der Waals surface area (Å²) in [6.07, 6.45) is 4.72. The highest BCUT2D eigenvalue weighted by atomic mass is 15.1. The summed E-state index contributed by atoms with van der Waals surface area (Å²) in [6.45, 7) is 5.10. The molecule has 0 fully saturated rings. The zero-order chi connectivity index (χ0) is 16.7. The van der Waals surface area contributed by atoms with Gasteiger partial charge in [0.05, 0.1) is 0 Å². The monoisotopic (exact) mass is 320 g/mol. The topological polar surface area (TPSA) is 47.1 Å². The molecule has 3 aromatic rings. The second-order valence-corrected chi connectivity index (χ2v) is 6.93. The lowest BCUT2D eigenvalue weighted by Gasteiger charge is -2.25. The molecule has 2 aromatic heterocycles. The predicted molar refractivity (Wildman–Crippen MR) is 97.9 cm³/mol. The van der Waals surface area contributed by atoms with Gasteiger partial charge in [-0.25, -0.2) is 0 Å². The number of aryl methyl sites for hydroxylation is 1. The molecule has 1 unspecified atom stereocenters. The van der Waals surface area contributed by atoms with Crippen LogP contribution in [0.3, 0.4) is 0 Å². The average Bonchev–Trinajstić information content (AvgIpc) is 2.88. The quantitative estimate of drug-likeness (QED) is 0.807. The molecule has 4 rings (SSSR count). The summed E-state index contributed by atoms with van der Waals surface area (Å²) in [4.78, 5) is 6.50. The summed E-state index contributed by atoms with van der Waals surface area (Å²) in [5.74, 6) is 0. The third kappa shape index (κ3) is 2.62. The van der Waals surface area contributed by atoms with Crippen molar-refractivity contribution in [3.8, 4) is 0 Å². The van der Waals surface area contributed by atoms with Crippen LogP contribution in [0.15, 0.2) is 42.7 Å². The first-order chi connectivity index (χ1) is 11.6. The molecule has 1 aliphatic rings. The van der Waals surface area contributed by atoms with Crippen molar-refractivity contribution in [2.24, 2.45) is 5.73 Å². The molecule has 0 radical (unpaired) electrons. The van der Waals surface area contributed by atoms with Crippen molar-refractivity contribution in [3.05, 3.63) is 65.1 Å². The van der Waals surface area contributed by atoms with Crippen molar-refractivity contribution >= 4 is 10.9 Å². The lowest BCUT2D eigenvalue weighted by molar-refractivity contribution is 0.308. The van der Waals surface area contributed by atoms with Gasteiger partial charge in [-0.1, -0.05) is 11.6 Å². The van der Waals surface area contributed by atoms with E-state index in [-0.39, 0.29) is 6.04 Å². The summed E-state index contributed by atoms with van der Waals surface area (Å²) < 4.78 is 2.45. The van der Waals surface area contributed by atoms with E-state index >= 15 is 0 Å². The van der Waals surface area contributed by atoms with Crippen LogP contribution >= 0.6 is 0 Å². The van der Waals surface area contributed by atoms with Crippen LogP contribution in [0.2, 0.25) is 0 Å². The Morgan fingerprint density at radius 2 is 2.00 bits per heavy atom. The molecule has 24 heavy (non-hydrogen) atoms. The molecule has 0 aliphatic carbocycles. The minimum Gasteiger partial charge on any atom is -0.342 e. The highest BCUT2D eigenvalue weighted by Gasteiger charge is 2.23. The smallest absolute Gasteiger partial charge is 0.0486 e. The SMILES string of the molecule is Cc1ccc2c(c1)c1c(n2CC(N)c2ccncc2)CCN(C)C1. The standard InChI is InChI=1S/C20H24N4/c1-14-3-4-19-16(11-14)17-12-23(2)10-7-20(17)24(19)13-18(21)15-5-8-22-9-6-15/h3-6,8-9,11,18H,7,10,12-13,21H2,1-2H3. The molecule has 4 nitrogen and oxygen atoms in total. The molecule has 4 heteroatoms. The lowest BCUT2D eigenvalue weighted by atomic mass is 10.0. The number of aromatic nitrogens is 2. The van der Waals surface area contributed by atoms with Gasteiger partial charge in [-0.2, -0.15) is 0 Å². The van der Waals surface area contributed by atoms with E-state index < -0.39 is 0 Å². The van der Waals surface area contributed by atoms with E-state index in [1.807, 2.05) is 24.5 Å². The van der Waals surface area contributed by atoms with Gasteiger partial charge in [-0.15, -0.1) is 0 Å². The minimum absolute atomic E-state index is 0.0198. The molecular weight excluding hydrogens is 296 g/mol. The summed E-state index contributed by atoms with van der Waals surface area (Å²) in [5, 5.41) is 1.39. The van der Waals surface area contributed by atoms with Crippen molar-refractivity contribution in [1.29, 1.82) is 0 Å². The molecule has 1 aromatic carbocycles. The van der Waals surface area contributed by atoms with E-state index in [9.17, 15) is 0 Å². The van der Waals surface area contributed by atoms with Gasteiger partial charge >= 0.3 is 0 Å². The predicted octanol–water partition coefficient (Wildman–Crippen LogP) is 3.03. The van der Waals surface area contributed by atoms with Crippen molar-refractivity contribution in [3.63, 3.8) is 0 Å². The Balaban J connectivity index is 1.80. The number of nitrogens with zero attached hydrogens (tertiary/aromatic N) is 3. The van der Waals surface area contributed by atoms with Crippen LogP contribution in [0.1, 0.15) is 28.4 Å². The van der Waals surface area contributed by atoms with Crippen molar-refractivity contribution in [2.75, 3.05) is 13.6 Å². The Kier molecular flexibility index (Phi) is 3.87. The molecule has 0 saturated carbocycles. The molecule has 0 amide bonds. The molecule has 124 valence electrons. The number of fused-ring (bicyclic) bond motifs is 3. The van der Waals surface area contributed by atoms with Gasteiger partial charge in [0, 0.05) is 61.1 Å². The fourth-order valence-electron chi connectivity index (χ4n) is 3.82. The Labute approximate surface area is 142 Å². The highest BCUT2D eigenvalue weighted by Crippen LogP contribution is 2.32. The Morgan fingerprint density at radius 1 is 1.21 bits per heavy atom. The number of rotatable bonds is 3. The lowest BCUT2D eigenvalue weighted by Crippen LogP contribution is -2.28. The molecule has 1 aliphatic heterocycles. The molecule has 3 heterocycles. The van der Waals surface area contributed by atoms with Crippen LogP contribution in [-0.2, 0) is 19.5 Å². The summed E-state index contributed by atoms with van der Waals surface area (Å²) in [7, 11) is 2.20. The van der Waals surface area contributed by atoms with E-state index in [2.05, 4.69) is 46.6 Å². The minimum atomic E-state index is -0.0198. The first-order valence-electron chi connectivity index (χ1n) is 8.58. The van der Waals surface area contributed by atoms with E-state index in [4.69, 9.17) is 5.73 Å². The third-order valence-electron chi connectivity index (χ3n) is 5.11. The first kappa shape index (κ1) is 15.4. The van der Waals surface area contributed by atoms with Crippen LogP contribution in [0.5, 0.6) is 0 Å². The van der Waals surface area contributed by atoms with Gasteiger partial charge in [0.25, 0.3) is 0 Å². The summed E-state index contributed by atoms with van der Waals surface area (Å²) in [5.41, 5.74) is 13.2. The van der Waals surface area contributed by atoms with Gasteiger partial charge in [-0.05, 0) is 49.4 Å². The molecule has 2 N–H and O–H groups in total. The van der Waals surface area contributed by atoms with Gasteiger partial charge in [0.15, 0.2) is 0 Å². The fraction of sp³-hybridized carbons (Fsp3) is 0.350. The maximum absolute atomic E-state index is 6.51. The summed E-state index contributed by atoms with van der Waals surface area (Å²) >= 11 is 0. The Bertz CT molecular complexity index is 866. The Morgan fingerprint density at radius 3 is 2.79 bits per heavy atom. The molecule has 1 atom stereocenters. The van der Waals surface area contributed by atoms with Gasteiger partial charge < -0.3 is 15.2 Å². The van der Waals surface area contributed by atoms with Crippen LogP contribution < -0.4 is 5.73 Å². The maximum atomic E-state index is 6.51. The second kappa shape index (κ2) is 6.04. The Hall–Kier alpha value is -2.17. The average molecular weight is 320 g/mol. The first-order valence-corrected chi connectivity index (χ1v) is 8.58. The van der Waals surface area contributed by atoms with E-state index in [1.165, 1.54) is 27.7 Å². The van der Waals surface area contributed by atoms with Crippen LogP contribution in [0.25, 0.3) is 10.9 Å². The number of nitrogens with two attached hydrogens (primary N) is 1. The second-order valence-electron chi connectivity index (χ2n) is 6.93. The van der Waals surface area contributed by atoms with Crippen molar-refractivity contribution in [2.45, 2.75) is 32.5 Å². The normalized spacial score (nSPS) is 16.3. The largest absolute Gasteiger partial charge is 0.342 e. The molecule has 0 bridgehead atoms. The number of benzene rings is 1. The van der Waals surface area contributed by atoms with Crippen LogP contribution in [0.4, 0.5) is 0 Å². The zero-order valence-electron chi connectivity index (χ0n) is 14.4. The van der Waals surface area contributed by atoms with Crippen LogP contribution in [0, 0.1) is 6.92 Å².